The first-order chi connectivity index (χ1) is 8.27. The predicted octanol–water partition coefficient (Wildman–Crippen LogP) is 0.930. The molecule has 0 unspecified atom stereocenters. The summed E-state index contributed by atoms with van der Waals surface area (Å²) in [5.74, 6) is 0.269. The summed E-state index contributed by atoms with van der Waals surface area (Å²) in [4.78, 5) is 16.1. The Morgan fingerprint density at radius 3 is 2.47 bits per heavy atom. The highest BCUT2D eigenvalue weighted by atomic mass is 16.2. The van der Waals surface area contributed by atoms with Gasteiger partial charge >= 0.3 is 0 Å². The molecule has 0 aliphatic carbocycles. The van der Waals surface area contributed by atoms with Crippen molar-refractivity contribution >= 4 is 5.91 Å². The molecular formula is C13H27N3O. The molecule has 1 aliphatic rings. The number of hydrogen-bond acceptors (Lipinski definition) is 3. The van der Waals surface area contributed by atoms with Crippen LogP contribution in [-0.4, -0.2) is 61.5 Å². The average molecular weight is 241 g/mol. The van der Waals surface area contributed by atoms with Gasteiger partial charge in [-0.25, -0.2) is 0 Å². The lowest BCUT2D eigenvalue weighted by Gasteiger charge is -2.18. The maximum atomic E-state index is 11.7. The molecule has 4 nitrogen and oxygen atoms in total. The van der Waals surface area contributed by atoms with Crippen molar-refractivity contribution < 1.29 is 4.79 Å². The quantitative estimate of drug-likeness (QED) is 0.642. The molecule has 1 fully saturated rings. The molecule has 17 heavy (non-hydrogen) atoms. The van der Waals surface area contributed by atoms with E-state index in [2.05, 4.69) is 24.1 Å². The van der Waals surface area contributed by atoms with Gasteiger partial charge in [0.25, 0.3) is 0 Å². The van der Waals surface area contributed by atoms with E-state index in [1.165, 1.54) is 12.8 Å². The topological polar surface area (TPSA) is 35.6 Å². The van der Waals surface area contributed by atoms with E-state index >= 15 is 0 Å². The molecule has 1 aliphatic heterocycles. The first-order valence-corrected chi connectivity index (χ1v) is 6.98. The summed E-state index contributed by atoms with van der Waals surface area (Å²) in [5, 5.41) is 3.25. The standard InChI is InChI=1S/C13H27N3O/c1-3-15(4-2)9-7-8-14-12-13(17)16-10-5-6-11-16/h14H,3-12H2,1-2H3. The van der Waals surface area contributed by atoms with Crippen molar-refractivity contribution in [3.8, 4) is 0 Å². The second-order valence-electron chi connectivity index (χ2n) is 4.65. The number of rotatable bonds is 8. The van der Waals surface area contributed by atoms with Crippen LogP contribution in [0.25, 0.3) is 0 Å². The van der Waals surface area contributed by atoms with E-state index in [4.69, 9.17) is 0 Å². The maximum absolute atomic E-state index is 11.7. The Bertz CT molecular complexity index is 211. The third-order valence-corrected chi connectivity index (χ3v) is 3.46. The second kappa shape index (κ2) is 8.48. The monoisotopic (exact) mass is 241 g/mol. The van der Waals surface area contributed by atoms with Crippen LogP contribution in [0.15, 0.2) is 0 Å². The molecule has 0 atom stereocenters. The minimum atomic E-state index is 0.269. The molecule has 0 radical (unpaired) electrons. The van der Waals surface area contributed by atoms with Crippen molar-refractivity contribution in [1.29, 1.82) is 0 Å². The van der Waals surface area contributed by atoms with Gasteiger partial charge in [-0.3, -0.25) is 4.79 Å². The molecule has 0 spiro atoms. The van der Waals surface area contributed by atoms with Crippen LogP contribution in [0.5, 0.6) is 0 Å². The number of amides is 1. The normalized spacial score (nSPS) is 15.8. The van der Waals surface area contributed by atoms with Gasteiger partial charge in [0.2, 0.25) is 5.91 Å². The maximum Gasteiger partial charge on any atom is 0.236 e. The van der Waals surface area contributed by atoms with Crippen molar-refractivity contribution in [2.24, 2.45) is 0 Å². The van der Waals surface area contributed by atoms with Gasteiger partial charge in [0.05, 0.1) is 6.54 Å². The minimum absolute atomic E-state index is 0.269. The van der Waals surface area contributed by atoms with Crippen LogP contribution in [0.4, 0.5) is 0 Å². The largest absolute Gasteiger partial charge is 0.342 e. The molecule has 1 N–H and O–H groups in total. The van der Waals surface area contributed by atoms with Gasteiger partial charge in [0.15, 0.2) is 0 Å². The van der Waals surface area contributed by atoms with E-state index in [1.807, 2.05) is 4.90 Å². The Balaban J connectivity index is 1.98. The van der Waals surface area contributed by atoms with E-state index in [1.54, 1.807) is 0 Å². The first-order valence-electron chi connectivity index (χ1n) is 6.98. The van der Waals surface area contributed by atoms with E-state index < -0.39 is 0 Å². The molecule has 100 valence electrons. The summed E-state index contributed by atoms with van der Waals surface area (Å²) >= 11 is 0. The molecule has 0 aromatic rings. The zero-order chi connectivity index (χ0) is 12.5. The smallest absolute Gasteiger partial charge is 0.236 e. The van der Waals surface area contributed by atoms with Crippen molar-refractivity contribution in [3.05, 3.63) is 0 Å². The molecule has 1 rings (SSSR count). The van der Waals surface area contributed by atoms with E-state index in [0.717, 1.165) is 45.7 Å². The Morgan fingerprint density at radius 2 is 1.88 bits per heavy atom. The highest BCUT2D eigenvalue weighted by molar-refractivity contribution is 5.78. The van der Waals surface area contributed by atoms with Crippen LogP contribution in [0.1, 0.15) is 33.1 Å². The molecular weight excluding hydrogens is 214 g/mol. The lowest BCUT2D eigenvalue weighted by molar-refractivity contribution is -0.129. The van der Waals surface area contributed by atoms with Crippen molar-refractivity contribution in [3.63, 3.8) is 0 Å². The lowest BCUT2D eigenvalue weighted by Crippen LogP contribution is -2.37. The number of likely N-dealkylation sites (tertiary alicyclic amines) is 1. The number of hydrogen-bond donors (Lipinski definition) is 1. The molecule has 0 saturated carbocycles. The molecule has 4 heteroatoms. The Hall–Kier alpha value is -0.610. The summed E-state index contributed by atoms with van der Waals surface area (Å²) in [5.41, 5.74) is 0. The second-order valence-corrected chi connectivity index (χ2v) is 4.65. The Labute approximate surface area is 105 Å². The van der Waals surface area contributed by atoms with Crippen LogP contribution in [0, 0.1) is 0 Å². The first kappa shape index (κ1) is 14.5. The van der Waals surface area contributed by atoms with Crippen molar-refractivity contribution in [1.82, 2.24) is 15.1 Å². The van der Waals surface area contributed by atoms with Crippen molar-refractivity contribution in [2.75, 3.05) is 45.8 Å². The average Bonchev–Trinajstić information content (AvgIpc) is 2.87. The molecule has 1 amide bonds. The van der Waals surface area contributed by atoms with Crippen LogP contribution in [0.2, 0.25) is 0 Å². The molecule has 0 bridgehead atoms. The van der Waals surface area contributed by atoms with E-state index in [9.17, 15) is 4.79 Å². The summed E-state index contributed by atoms with van der Waals surface area (Å²) in [7, 11) is 0. The van der Waals surface area contributed by atoms with Gasteiger partial charge in [-0.05, 0) is 45.4 Å². The highest BCUT2D eigenvalue weighted by Gasteiger charge is 2.16. The zero-order valence-electron chi connectivity index (χ0n) is 11.4. The van der Waals surface area contributed by atoms with Gasteiger partial charge in [-0.1, -0.05) is 13.8 Å². The summed E-state index contributed by atoms with van der Waals surface area (Å²) in [6.45, 7) is 11.1. The van der Waals surface area contributed by atoms with Crippen LogP contribution in [-0.2, 0) is 4.79 Å². The highest BCUT2D eigenvalue weighted by Crippen LogP contribution is 2.06. The van der Waals surface area contributed by atoms with Crippen LogP contribution >= 0.6 is 0 Å². The third kappa shape index (κ3) is 5.50. The third-order valence-electron chi connectivity index (χ3n) is 3.46. The van der Waals surface area contributed by atoms with Crippen molar-refractivity contribution in [2.45, 2.75) is 33.1 Å². The van der Waals surface area contributed by atoms with Gasteiger partial charge < -0.3 is 15.1 Å². The molecule has 0 aromatic carbocycles. The summed E-state index contributed by atoms with van der Waals surface area (Å²) < 4.78 is 0. The summed E-state index contributed by atoms with van der Waals surface area (Å²) in [6, 6.07) is 0. The van der Waals surface area contributed by atoms with E-state index in [0.29, 0.717) is 6.54 Å². The van der Waals surface area contributed by atoms with Crippen LogP contribution < -0.4 is 5.32 Å². The van der Waals surface area contributed by atoms with Gasteiger partial charge in [-0.15, -0.1) is 0 Å². The van der Waals surface area contributed by atoms with Gasteiger partial charge in [-0.2, -0.15) is 0 Å². The van der Waals surface area contributed by atoms with Crippen LogP contribution in [0.3, 0.4) is 0 Å². The minimum Gasteiger partial charge on any atom is -0.342 e. The number of carbonyl (C=O) groups excluding carboxylic acids is 1. The SMILES string of the molecule is CCN(CC)CCCNCC(=O)N1CCCC1. The molecule has 1 heterocycles. The fourth-order valence-electron chi connectivity index (χ4n) is 2.24. The fraction of sp³-hybridized carbons (Fsp3) is 0.923. The lowest BCUT2D eigenvalue weighted by atomic mass is 10.3. The Kier molecular flexibility index (Phi) is 7.21. The number of nitrogens with zero attached hydrogens (tertiary/aromatic N) is 2. The summed E-state index contributed by atoms with van der Waals surface area (Å²) in [6.07, 6.45) is 3.47. The predicted molar refractivity (Wildman–Crippen MR) is 71.1 cm³/mol. The Morgan fingerprint density at radius 1 is 1.24 bits per heavy atom. The number of carbonyl (C=O) groups is 1. The molecule has 0 aromatic heterocycles. The zero-order valence-corrected chi connectivity index (χ0v) is 11.4. The van der Waals surface area contributed by atoms with Gasteiger partial charge in [0, 0.05) is 13.1 Å². The molecule has 1 saturated heterocycles. The number of nitrogens with one attached hydrogen (secondary N) is 1. The van der Waals surface area contributed by atoms with Gasteiger partial charge in [0.1, 0.15) is 0 Å². The fourth-order valence-corrected chi connectivity index (χ4v) is 2.24. The van der Waals surface area contributed by atoms with E-state index in [-0.39, 0.29) is 5.91 Å².